The molecule has 0 radical (unpaired) electrons. The average Bonchev–Trinajstić information content (AvgIpc) is 3.10. The smallest absolute Gasteiger partial charge is 0.283 e. The number of benzene rings is 2. The maximum absolute atomic E-state index is 12.6. The van der Waals surface area contributed by atoms with Gasteiger partial charge in [-0.1, -0.05) is 46.6 Å². The Bertz CT molecular complexity index is 1000. The number of hydrogen-bond donors (Lipinski definition) is 0. The zero-order chi connectivity index (χ0) is 19.6. The molecule has 0 N–H and O–H groups in total. The number of halogens is 1. The number of aromatic nitrogens is 2. The molecule has 3 rings (SSSR count). The molecule has 8 nitrogen and oxygen atoms in total. The molecule has 0 bridgehead atoms. The second kappa shape index (κ2) is 7.55. The summed E-state index contributed by atoms with van der Waals surface area (Å²) >= 11 is 5.78. The van der Waals surface area contributed by atoms with Crippen LogP contribution in [0.1, 0.15) is 21.8 Å². The Hall–Kier alpha value is -3.26. The number of carbonyl (C=O) groups is 1. The molecule has 3 aromatic rings. The molecule has 0 atom stereocenters. The van der Waals surface area contributed by atoms with Crippen LogP contribution in [0.25, 0.3) is 11.4 Å². The van der Waals surface area contributed by atoms with Crippen LogP contribution < -0.4 is 0 Å². The highest BCUT2D eigenvalue weighted by atomic mass is 35.5. The first-order chi connectivity index (χ1) is 12.8. The lowest BCUT2D eigenvalue weighted by Crippen LogP contribution is -2.27. The minimum Gasteiger partial charge on any atom is -0.337 e. The summed E-state index contributed by atoms with van der Waals surface area (Å²) in [5.41, 5.74) is 1.48. The lowest BCUT2D eigenvalue weighted by atomic mass is 10.1. The highest BCUT2D eigenvalue weighted by molar-refractivity contribution is 6.31. The number of aryl methyl sites for hydroxylation is 1. The minimum absolute atomic E-state index is 0.0114. The van der Waals surface area contributed by atoms with Crippen molar-refractivity contribution in [2.75, 3.05) is 7.05 Å². The van der Waals surface area contributed by atoms with Gasteiger partial charge in [0.15, 0.2) is 0 Å². The maximum Gasteiger partial charge on any atom is 0.283 e. The highest BCUT2D eigenvalue weighted by Gasteiger charge is 2.24. The lowest BCUT2D eigenvalue weighted by Gasteiger charge is -2.14. The highest BCUT2D eigenvalue weighted by Crippen LogP contribution is 2.25. The van der Waals surface area contributed by atoms with E-state index in [1.165, 1.54) is 24.1 Å². The Morgan fingerprint density at radius 3 is 2.63 bits per heavy atom. The molecule has 27 heavy (non-hydrogen) atoms. The first-order valence-corrected chi connectivity index (χ1v) is 8.32. The van der Waals surface area contributed by atoms with E-state index >= 15 is 0 Å². The second-order valence-corrected chi connectivity index (χ2v) is 6.39. The van der Waals surface area contributed by atoms with Crippen molar-refractivity contribution >= 4 is 23.2 Å². The van der Waals surface area contributed by atoms with Crippen molar-refractivity contribution in [1.82, 2.24) is 15.0 Å². The fraction of sp³-hybridized carbons (Fsp3) is 0.167. The molecule has 0 aliphatic rings. The number of amides is 1. The monoisotopic (exact) mass is 386 g/mol. The van der Waals surface area contributed by atoms with Gasteiger partial charge in [0, 0.05) is 23.7 Å². The van der Waals surface area contributed by atoms with Gasteiger partial charge in [-0.2, -0.15) is 4.98 Å². The molecule has 0 saturated carbocycles. The van der Waals surface area contributed by atoms with E-state index in [0.717, 1.165) is 17.2 Å². The summed E-state index contributed by atoms with van der Waals surface area (Å²) in [6.07, 6.45) is 0. The van der Waals surface area contributed by atoms with Crippen LogP contribution in [0.15, 0.2) is 47.0 Å². The molecular weight excluding hydrogens is 372 g/mol. The van der Waals surface area contributed by atoms with Crippen LogP contribution in [0.2, 0.25) is 5.02 Å². The van der Waals surface area contributed by atoms with Gasteiger partial charge in [-0.25, -0.2) is 0 Å². The summed E-state index contributed by atoms with van der Waals surface area (Å²) in [5, 5.41) is 15.3. The van der Waals surface area contributed by atoms with E-state index in [4.69, 9.17) is 16.1 Å². The fourth-order valence-corrected chi connectivity index (χ4v) is 2.62. The summed E-state index contributed by atoms with van der Waals surface area (Å²) in [5.74, 6) is 0.0785. The predicted molar refractivity (Wildman–Crippen MR) is 98.4 cm³/mol. The summed E-state index contributed by atoms with van der Waals surface area (Å²) in [7, 11) is 1.50. The van der Waals surface area contributed by atoms with Crippen molar-refractivity contribution in [1.29, 1.82) is 0 Å². The quantitative estimate of drug-likeness (QED) is 0.487. The molecule has 1 amide bonds. The summed E-state index contributed by atoms with van der Waals surface area (Å²) in [6.45, 7) is 1.99. The number of rotatable bonds is 5. The molecule has 0 unspecified atom stereocenters. The molecule has 2 aromatic carbocycles. The predicted octanol–water partition coefficient (Wildman–Crippen LogP) is 3.88. The van der Waals surface area contributed by atoms with Gasteiger partial charge in [-0.15, -0.1) is 0 Å². The third kappa shape index (κ3) is 4.12. The van der Waals surface area contributed by atoms with E-state index < -0.39 is 10.8 Å². The standard InChI is InChI=1S/C18H15ClN4O4/c1-11-3-5-12(6-4-11)17-20-16(27-21-17)10-22(2)18(24)14-8-7-13(19)9-15(14)23(25)26/h3-9H,10H2,1-2H3. The Kier molecular flexibility index (Phi) is 5.18. The van der Waals surface area contributed by atoms with Gasteiger partial charge >= 0.3 is 0 Å². The third-order valence-electron chi connectivity index (χ3n) is 3.88. The molecule has 0 saturated heterocycles. The molecule has 0 aliphatic carbocycles. The van der Waals surface area contributed by atoms with E-state index in [1.807, 2.05) is 31.2 Å². The number of carbonyl (C=O) groups excluding carboxylic acids is 1. The van der Waals surface area contributed by atoms with E-state index in [2.05, 4.69) is 10.1 Å². The first-order valence-electron chi connectivity index (χ1n) is 7.94. The fourth-order valence-electron chi connectivity index (χ4n) is 2.46. The van der Waals surface area contributed by atoms with Gasteiger partial charge in [-0.05, 0) is 19.1 Å². The van der Waals surface area contributed by atoms with E-state index in [0.29, 0.717) is 5.82 Å². The van der Waals surface area contributed by atoms with Crippen molar-refractivity contribution in [3.05, 3.63) is 74.6 Å². The minimum atomic E-state index is -0.644. The molecule has 1 aromatic heterocycles. The van der Waals surface area contributed by atoms with Crippen LogP contribution in [0.5, 0.6) is 0 Å². The molecule has 138 valence electrons. The average molecular weight is 387 g/mol. The molecule has 0 aliphatic heterocycles. The van der Waals surface area contributed by atoms with Crippen molar-refractivity contribution in [3.63, 3.8) is 0 Å². The Balaban J connectivity index is 1.78. The second-order valence-electron chi connectivity index (χ2n) is 5.96. The molecule has 9 heteroatoms. The zero-order valence-electron chi connectivity index (χ0n) is 14.5. The normalized spacial score (nSPS) is 10.6. The van der Waals surface area contributed by atoms with Gasteiger partial charge < -0.3 is 9.42 Å². The van der Waals surface area contributed by atoms with Crippen LogP contribution in [0.3, 0.4) is 0 Å². The van der Waals surface area contributed by atoms with Crippen molar-refractivity contribution in [2.24, 2.45) is 0 Å². The zero-order valence-corrected chi connectivity index (χ0v) is 15.3. The van der Waals surface area contributed by atoms with Crippen LogP contribution in [0.4, 0.5) is 5.69 Å². The molecule has 1 heterocycles. The maximum atomic E-state index is 12.6. The van der Waals surface area contributed by atoms with Crippen LogP contribution in [0, 0.1) is 17.0 Å². The Morgan fingerprint density at radius 1 is 1.26 bits per heavy atom. The molecule has 0 spiro atoms. The van der Waals surface area contributed by atoms with E-state index in [9.17, 15) is 14.9 Å². The Labute approximate surface area is 159 Å². The van der Waals surface area contributed by atoms with Gasteiger partial charge in [0.25, 0.3) is 11.6 Å². The molecule has 0 fully saturated rings. The first kappa shape index (κ1) is 18.5. The largest absolute Gasteiger partial charge is 0.337 e. The Morgan fingerprint density at radius 2 is 1.96 bits per heavy atom. The SMILES string of the molecule is Cc1ccc(-c2noc(CN(C)C(=O)c3ccc(Cl)cc3[N+](=O)[O-])n2)cc1. The summed E-state index contributed by atoms with van der Waals surface area (Å²) in [6, 6.07) is 11.5. The lowest BCUT2D eigenvalue weighted by molar-refractivity contribution is -0.385. The van der Waals surface area contributed by atoms with Crippen molar-refractivity contribution < 1.29 is 14.2 Å². The van der Waals surface area contributed by atoms with Gasteiger partial charge in [0.2, 0.25) is 11.7 Å². The van der Waals surface area contributed by atoms with Crippen LogP contribution in [-0.4, -0.2) is 32.9 Å². The van der Waals surface area contributed by atoms with Gasteiger partial charge in [0.05, 0.1) is 4.92 Å². The number of nitrogens with zero attached hydrogens (tertiary/aromatic N) is 4. The number of nitro groups is 1. The molecular formula is C18H15ClN4O4. The van der Waals surface area contributed by atoms with E-state index in [1.54, 1.807) is 0 Å². The van der Waals surface area contributed by atoms with Crippen molar-refractivity contribution in [3.8, 4) is 11.4 Å². The van der Waals surface area contributed by atoms with Crippen molar-refractivity contribution in [2.45, 2.75) is 13.5 Å². The van der Waals surface area contributed by atoms with Gasteiger partial charge in [-0.3, -0.25) is 14.9 Å². The third-order valence-corrected chi connectivity index (χ3v) is 4.12. The topological polar surface area (TPSA) is 102 Å². The number of nitro benzene ring substituents is 1. The van der Waals surface area contributed by atoms with Gasteiger partial charge in [0.1, 0.15) is 12.1 Å². The van der Waals surface area contributed by atoms with Crippen LogP contribution in [-0.2, 0) is 6.54 Å². The number of hydrogen-bond acceptors (Lipinski definition) is 6. The van der Waals surface area contributed by atoms with Crippen LogP contribution >= 0.6 is 11.6 Å². The van der Waals surface area contributed by atoms with E-state index in [-0.39, 0.29) is 28.7 Å². The summed E-state index contributed by atoms with van der Waals surface area (Å²) < 4.78 is 5.19. The summed E-state index contributed by atoms with van der Waals surface area (Å²) in [4.78, 5) is 28.7.